The third kappa shape index (κ3) is 2.12. The van der Waals surface area contributed by atoms with Crippen molar-refractivity contribution in [3.8, 4) is 5.75 Å². The molecule has 0 atom stereocenters. The van der Waals surface area contributed by atoms with Crippen LogP contribution in [0.5, 0.6) is 5.75 Å². The molecule has 2 aromatic rings. The predicted octanol–water partition coefficient (Wildman–Crippen LogP) is 3.78. The summed E-state index contributed by atoms with van der Waals surface area (Å²) in [6.07, 6.45) is 1.74. The van der Waals surface area contributed by atoms with Crippen LogP contribution in [0.15, 0.2) is 28.9 Å². The van der Waals surface area contributed by atoms with Crippen LogP contribution in [0.4, 0.5) is 0 Å². The van der Waals surface area contributed by atoms with Crippen LogP contribution in [-0.2, 0) is 5.75 Å². The molecule has 3 heteroatoms. The molecule has 0 fully saturated rings. The van der Waals surface area contributed by atoms with Gasteiger partial charge in [-0.25, -0.2) is 0 Å². The average molecular weight is 222 g/mol. The van der Waals surface area contributed by atoms with E-state index in [1.54, 1.807) is 12.3 Å². The zero-order valence-electron chi connectivity index (χ0n) is 8.86. The molecule has 1 N–H and O–H groups in total. The highest BCUT2D eigenvalue weighted by molar-refractivity contribution is 7.99. The highest BCUT2D eigenvalue weighted by Crippen LogP contribution is 2.31. The Morgan fingerprint density at radius 3 is 2.93 bits per heavy atom. The standard InChI is InChI=1S/C12H14O2S/c1-8(2)15-7-9-6-14-12-10(9)4-3-5-11(12)13/h3-6,8,13H,7H2,1-2H3. The maximum absolute atomic E-state index is 9.56. The highest BCUT2D eigenvalue weighted by atomic mass is 32.2. The molecule has 0 saturated carbocycles. The van der Waals surface area contributed by atoms with E-state index in [1.807, 2.05) is 23.9 Å². The first kappa shape index (κ1) is 10.4. The number of para-hydroxylation sites is 1. The van der Waals surface area contributed by atoms with E-state index in [-0.39, 0.29) is 5.75 Å². The number of thioether (sulfide) groups is 1. The minimum atomic E-state index is 0.216. The van der Waals surface area contributed by atoms with Gasteiger partial charge in [0.05, 0.1) is 6.26 Å². The SMILES string of the molecule is CC(C)SCc1coc2c(O)cccc12. The van der Waals surface area contributed by atoms with Crippen LogP contribution < -0.4 is 0 Å². The van der Waals surface area contributed by atoms with Crippen molar-refractivity contribution in [1.82, 2.24) is 0 Å². The molecule has 0 bridgehead atoms. The van der Waals surface area contributed by atoms with Crippen LogP contribution in [-0.4, -0.2) is 10.4 Å². The molecular formula is C12H14O2S. The second-order valence-electron chi connectivity index (χ2n) is 3.77. The fourth-order valence-electron chi connectivity index (χ4n) is 1.46. The maximum atomic E-state index is 9.56. The molecule has 0 radical (unpaired) electrons. The summed E-state index contributed by atoms with van der Waals surface area (Å²) >= 11 is 1.87. The number of phenols is 1. The van der Waals surface area contributed by atoms with Crippen molar-refractivity contribution < 1.29 is 9.52 Å². The first-order valence-corrected chi connectivity index (χ1v) is 6.03. The fraction of sp³-hybridized carbons (Fsp3) is 0.333. The lowest BCUT2D eigenvalue weighted by Gasteiger charge is -2.02. The highest BCUT2D eigenvalue weighted by Gasteiger charge is 2.09. The predicted molar refractivity (Wildman–Crippen MR) is 64.3 cm³/mol. The van der Waals surface area contributed by atoms with Crippen molar-refractivity contribution in [2.75, 3.05) is 0 Å². The molecule has 80 valence electrons. The smallest absolute Gasteiger partial charge is 0.175 e. The van der Waals surface area contributed by atoms with E-state index >= 15 is 0 Å². The van der Waals surface area contributed by atoms with Crippen molar-refractivity contribution in [2.24, 2.45) is 0 Å². The van der Waals surface area contributed by atoms with Gasteiger partial charge in [0.15, 0.2) is 11.3 Å². The molecule has 0 aliphatic rings. The van der Waals surface area contributed by atoms with E-state index in [0.717, 1.165) is 16.7 Å². The van der Waals surface area contributed by atoms with E-state index < -0.39 is 0 Å². The Bertz CT molecular complexity index is 460. The molecular weight excluding hydrogens is 208 g/mol. The summed E-state index contributed by atoms with van der Waals surface area (Å²) in [5, 5.41) is 11.2. The number of phenolic OH excluding ortho intramolecular Hbond substituents is 1. The largest absolute Gasteiger partial charge is 0.504 e. The third-order valence-electron chi connectivity index (χ3n) is 2.23. The Morgan fingerprint density at radius 1 is 1.40 bits per heavy atom. The minimum Gasteiger partial charge on any atom is -0.504 e. The molecule has 0 aliphatic heterocycles. The monoisotopic (exact) mass is 222 g/mol. The summed E-state index contributed by atoms with van der Waals surface area (Å²) < 4.78 is 5.35. The van der Waals surface area contributed by atoms with Gasteiger partial charge in [-0.2, -0.15) is 11.8 Å². The molecule has 2 nitrogen and oxygen atoms in total. The molecule has 15 heavy (non-hydrogen) atoms. The van der Waals surface area contributed by atoms with E-state index in [9.17, 15) is 5.11 Å². The molecule has 0 spiro atoms. The van der Waals surface area contributed by atoms with Crippen LogP contribution >= 0.6 is 11.8 Å². The van der Waals surface area contributed by atoms with Crippen molar-refractivity contribution in [1.29, 1.82) is 0 Å². The van der Waals surface area contributed by atoms with E-state index in [1.165, 1.54) is 0 Å². The third-order valence-corrected chi connectivity index (χ3v) is 3.38. The van der Waals surface area contributed by atoms with Crippen molar-refractivity contribution in [3.63, 3.8) is 0 Å². The van der Waals surface area contributed by atoms with E-state index in [0.29, 0.717) is 10.8 Å². The Morgan fingerprint density at radius 2 is 2.20 bits per heavy atom. The lowest BCUT2D eigenvalue weighted by atomic mass is 10.2. The summed E-state index contributed by atoms with van der Waals surface area (Å²) in [4.78, 5) is 0. The topological polar surface area (TPSA) is 33.4 Å². The van der Waals surface area contributed by atoms with E-state index in [2.05, 4.69) is 13.8 Å². The molecule has 0 unspecified atom stereocenters. The van der Waals surface area contributed by atoms with Crippen LogP contribution in [0, 0.1) is 0 Å². The summed E-state index contributed by atoms with van der Waals surface area (Å²) in [5.74, 6) is 1.14. The molecule has 0 amide bonds. The van der Waals surface area contributed by atoms with Gasteiger partial charge >= 0.3 is 0 Å². The normalized spacial score (nSPS) is 11.4. The number of benzene rings is 1. The van der Waals surface area contributed by atoms with Gasteiger partial charge in [0.1, 0.15) is 0 Å². The van der Waals surface area contributed by atoms with E-state index in [4.69, 9.17) is 4.42 Å². The Labute approximate surface area is 93.3 Å². The number of hydrogen-bond acceptors (Lipinski definition) is 3. The Balaban J connectivity index is 2.33. The average Bonchev–Trinajstić information content (AvgIpc) is 2.59. The van der Waals surface area contributed by atoms with Gasteiger partial charge in [-0.15, -0.1) is 0 Å². The minimum absolute atomic E-state index is 0.216. The summed E-state index contributed by atoms with van der Waals surface area (Å²) in [7, 11) is 0. The maximum Gasteiger partial charge on any atom is 0.175 e. The van der Waals surface area contributed by atoms with Crippen molar-refractivity contribution >= 4 is 22.7 Å². The molecule has 0 saturated heterocycles. The van der Waals surface area contributed by atoms with Crippen LogP contribution in [0.3, 0.4) is 0 Å². The number of aromatic hydroxyl groups is 1. The summed E-state index contributed by atoms with van der Waals surface area (Å²) in [6, 6.07) is 5.47. The van der Waals surface area contributed by atoms with Gasteiger partial charge in [-0.05, 0) is 11.3 Å². The first-order valence-electron chi connectivity index (χ1n) is 4.98. The molecule has 2 rings (SSSR count). The molecule has 1 heterocycles. The first-order chi connectivity index (χ1) is 7.18. The van der Waals surface area contributed by atoms with Crippen LogP contribution in [0.25, 0.3) is 11.0 Å². The molecule has 1 aromatic heterocycles. The van der Waals surface area contributed by atoms with Gasteiger partial charge in [-0.3, -0.25) is 0 Å². The zero-order chi connectivity index (χ0) is 10.8. The van der Waals surface area contributed by atoms with Crippen molar-refractivity contribution in [2.45, 2.75) is 24.9 Å². The number of rotatable bonds is 3. The van der Waals surface area contributed by atoms with Gasteiger partial charge < -0.3 is 9.52 Å². The lowest BCUT2D eigenvalue weighted by Crippen LogP contribution is -1.87. The number of fused-ring (bicyclic) bond motifs is 1. The Kier molecular flexibility index (Phi) is 2.91. The zero-order valence-corrected chi connectivity index (χ0v) is 9.67. The molecule has 0 aliphatic carbocycles. The van der Waals surface area contributed by atoms with Crippen molar-refractivity contribution in [3.05, 3.63) is 30.0 Å². The summed E-state index contributed by atoms with van der Waals surface area (Å²) in [6.45, 7) is 4.34. The number of furan rings is 1. The Hall–Kier alpha value is -1.09. The van der Waals surface area contributed by atoms with Crippen LogP contribution in [0.2, 0.25) is 0 Å². The van der Waals surface area contributed by atoms with Gasteiger partial charge in [0.25, 0.3) is 0 Å². The van der Waals surface area contributed by atoms with Gasteiger partial charge in [0.2, 0.25) is 0 Å². The second kappa shape index (κ2) is 4.19. The number of hydrogen-bond donors (Lipinski definition) is 1. The summed E-state index contributed by atoms with van der Waals surface area (Å²) in [5.41, 5.74) is 1.75. The van der Waals surface area contributed by atoms with Crippen LogP contribution in [0.1, 0.15) is 19.4 Å². The fourth-order valence-corrected chi connectivity index (χ4v) is 2.20. The molecule has 1 aromatic carbocycles. The lowest BCUT2D eigenvalue weighted by molar-refractivity contribution is 0.465. The van der Waals surface area contributed by atoms with Gasteiger partial charge in [0, 0.05) is 16.7 Å². The quantitative estimate of drug-likeness (QED) is 0.858. The van der Waals surface area contributed by atoms with Gasteiger partial charge in [-0.1, -0.05) is 26.0 Å². The second-order valence-corrected chi connectivity index (χ2v) is 5.34.